The molecule has 3 aliphatic rings. The smallest absolute Gasteiger partial charge is 0.448 e. The van der Waals surface area contributed by atoms with Crippen molar-refractivity contribution in [2.24, 2.45) is 5.41 Å². The van der Waals surface area contributed by atoms with E-state index < -0.39 is 61.5 Å². The number of carbonyl (C=O) groups is 1. The molecule has 1 saturated carbocycles. The van der Waals surface area contributed by atoms with E-state index in [4.69, 9.17) is 4.74 Å². The summed E-state index contributed by atoms with van der Waals surface area (Å²) in [5.41, 5.74) is -3.46. The second-order valence-electron chi connectivity index (χ2n) is 7.41. The van der Waals surface area contributed by atoms with Crippen molar-refractivity contribution in [3.8, 4) is 0 Å². The van der Waals surface area contributed by atoms with Gasteiger partial charge in [0.05, 0.1) is 5.41 Å². The van der Waals surface area contributed by atoms with Crippen LogP contribution >= 0.6 is 0 Å². The fourth-order valence-corrected chi connectivity index (χ4v) is 3.40. The number of amides is 1. The van der Waals surface area contributed by atoms with Crippen molar-refractivity contribution in [2.75, 3.05) is 13.1 Å². The summed E-state index contributed by atoms with van der Waals surface area (Å²) in [5.74, 6) is 0. The zero-order valence-corrected chi connectivity index (χ0v) is 16.6. The molecule has 0 unspecified atom stereocenters. The van der Waals surface area contributed by atoms with Crippen molar-refractivity contribution in [1.29, 1.82) is 0 Å². The molecule has 0 radical (unpaired) electrons. The molecule has 3 nitrogen and oxygen atoms in total. The van der Waals surface area contributed by atoms with Crippen LogP contribution in [0.2, 0.25) is 5.31 Å². The molecule has 1 aliphatic carbocycles. The normalized spacial score (nSPS) is 31.1. The third-order valence-corrected chi connectivity index (χ3v) is 4.33. The first-order valence-corrected chi connectivity index (χ1v) is 6.85. The summed E-state index contributed by atoms with van der Waals surface area (Å²) >= 11 is 0. The van der Waals surface area contributed by atoms with E-state index in [1.54, 1.807) is 0 Å². The largest absolute Gasteiger partial charge is 1.00 e. The Morgan fingerprint density at radius 3 is 1.91 bits per heavy atom. The van der Waals surface area contributed by atoms with Crippen LogP contribution in [0, 0.1) is 5.41 Å². The Balaban J connectivity index is 0.00000264. The number of hydrogen-bond donors (Lipinski definition) is 0. The van der Waals surface area contributed by atoms with E-state index in [0.29, 0.717) is 4.90 Å². The maximum absolute atomic E-state index is 13.2. The molecule has 0 spiro atoms. The SMILES string of the molecule is CC(C)(C)OC(=O)N1CC2([B-](F)(F)F)CC(C(F)(F)F)(C1)C2.[K+]. The van der Waals surface area contributed by atoms with E-state index in [0.717, 1.165) is 0 Å². The third-order valence-electron chi connectivity index (χ3n) is 4.33. The number of alkyl halides is 3. The Morgan fingerprint density at radius 2 is 1.57 bits per heavy atom. The number of piperidine rings is 2. The minimum atomic E-state index is -5.49. The predicted molar refractivity (Wildman–Crippen MR) is 67.3 cm³/mol. The molecule has 2 heterocycles. The van der Waals surface area contributed by atoms with Gasteiger partial charge in [-0.3, -0.25) is 0 Å². The Bertz CT molecular complexity index is 453. The summed E-state index contributed by atoms with van der Waals surface area (Å²) in [6, 6.07) is 0. The van der Waals surface area contributed by atoms with Gasteiger partial charge in [0.25, 0.3) is 0 Å². The molecule has 0 aromatic heterocycles. The van der Waals surface area contributed by atoms with Gasteiger partial charge >= 0.3 is 70.6 Å². The van der Waals surface area contributed by atoms with Gasteiger partial charge in [-0.05, 0) is 26.1 Å². The summed E-state index contributed by atoms with van der Waals surface area (Å²) in [6.07, 6.45) is -7.90. The number of ether oxygens (including phenoxy) is 1. The van der Waals surface area contributed by atoms with E-state index in [9.17, 15) is 30.9 Å². The summed E-state index contributed by atoms with van der Waals surface area (Å²) in [6.45, 7) is -2.53. The van der Waals surface area contributed by atoms with E-state index in [1.807, 2.05) is 0 Å². The van der Waals surface area contributed by atoms with Gasteiger partial charge in [-0.1, -0.05) is 12.8 Å². The number of halogens is 6. The monoisotopic (exact) mass is 371 g/mol. The van der Waals surface area contributed by atoms with Crippen molar-refractivity contribution in [3.05, 3.63) is 0 Å². The van der Waals surface area contributed by atoms with Gasteiger partial charge in [-0.25, -0.2) is 4.79 Å². The van der Waals surface area contributed by atoms with Crippen LogP contribution in [0.25, 0.3) is 0 Å². The second kappa shape index (κ2) is 6.07. The molecule has 11 heteroatoms. The van der Waals surface area contributed by atoms with Crippen molar-refractivity contribution >= 4 is 13.1 Å². The fraction of sp³-hybridized carbons (Fsp3) is 0.917. The van der Waals surface area contributed by atoms with Crippen LogP contribution < -0.4 is 51.4 Å². The summed E-state index contributed by atoms with van der Waals surface area (Å²) < 4.78 is 84.0. The Hall–Kier alpha value is 0.551. The molecule has 23 heavy (non-hydrogen) atoms. The third kappa shape index (κ3) is 3.88. The fourth-order valence-electron chi connectivity index (χ4n) is 3.40. The zero-order valence-electron chi connectivity index (χ0n) is 13.4. The number of rotatable bonds is 1. The van der Waals surface area contributed by atoms with Crippen molar-refractivity contribution < 1.29 is 87.0 Å². The van der Waals surface area contributed by atoms with Crippen LogP contribution in [0.5, 0.6) is 0 Å². The number of hydrogen-bond acceptors (Lipinski definition) is 2. The van der Waals surface area contributed by atoms with Gasteiger partial charge in [0.1, 0.15) is 5.60 Å². The quantitative estimate of drug-likeness (QED) is 0.512. The zero-order chi connectivity index (χ0) is 17.2. The number of carbonyl (C=O) groups excluding carboxylic acids is 1. The Labute approximate surface area is 172 Å². The molecule has 3 fully saturated rings. The first kappa shape index (κ1) is 21.6. The Kier molecular flexibility index (Phi) is 5.70. The predicted octanol–water partition coefficient (Wildman–Crippen LogP) is 1.17. The molecule has 128 valence electrons. The minimum absolute atomic E-state index is 0. The molecule has 3 rings (SSSR count). The molecular formula is C12H17BF6KNO2. The Morgan fingerprint density at radius 1 is 1.09 bits per heavy atom. The molecular weight excluding hydrogens is 354 g/mol. The summed E-state index contributed by atoms with van der Waals surface area (Å²) in [4.78, 5) is 12.5. The van der Waals surface area contributed by atoms with Gasteiger partial charge < -0.3 is 22.6 Å². The standard InChI is InChI=1S/C12H17BF6NO2.K/c1-9(2,3)22-8(21)20-6-10(12(14,15)16)4-11(5-10,7-20)13(17,18)19;/h4-7H2,1-3H3;/q-1;+1. The van der Waals surface area contributed by atoms with Gasteiger partial charge in [0, 0.05) is 13.1 Å². The maximum Gasteiger partial charge on any atom is 1.00 e. The van der Waals surface area contributed by atoms with Crippen molar-refractivity contribution in [3.63, 3.8) is 0 Å². The van der Waals surface area contributed by atoms with E-state index in [2.05, 4.69) is 0 Å². The average molecular weight is 371 g/mol. The van der Waals surface area contributed by atoms with Crippen LogP contribution in [0.15, 0.2) is 0 Å². The van der Waals surface area contributed by atoms with Gasteiger partial charge in [0.15, 0.2) is 0 Å². The van der Waals surface area contributed by atoms with Gasteiger partial charge in [0.2, 0.25) is 0 Å². The molecule has 0 atom stereocenters. The molecule has 0 aromatic rings. The van der Waals surface area contributed by atoms with Crippen LogP contribution in [0.3, 0.4) is 0 Å². The van der Waals surface area contributed by atoms with Crippen LogP contribution in [0.1, 0.15) is 33.6 Å². The van der Waals surface area contributed by atoms with E-state index >= 15 is 0 Å². The van der Waals surface area contributed by atoms with Crippen molar-refractivity contribution in [1.82, 2.24) is 4.90 Å². The number of fused-ring (bicyclic) bond motifs is 2. The minimum Gasteiger partial charge on any atom is -0.448 e. The van der Waals surface area contributed by atoms with Crippen LogP contribution in [0.4, 0.5) is 30.9 Å². The summed E-state index contributed by atoms with van der Waals surface area (Å²) in [7, 11) is 0. The first-order chi connectivity index (χ1) is 9.61. The van der Waals surface area contributed by atoms with Crippen LogP contribution in [-0.2, 0) is 4.74 Å². The molecule has 2 bridgehead atoms. The maximum atomic E-state index is 13.2. The van der Waals surface area contributed by atoms with Gasteiger partial charge in [-0.15, -0.1) is 0 Å². The van der Waals surface area contributed by atoms with Crippen molar-refractivity contribution in [2.45, 2.75) is 50.7 Å². The van der Waals surface area contributed by atoms with Gasteiger partial charge in [-0.2, -0.15) is 13.2 Å². The second-order valence-corrected chi connectivity index (χ2v) is 7.41. The summed E-state index contributed by atoms with van der Waals surface area (Å²) in [5, 5.41) is -2.43. The molecule has 0 aromatic carbocycles. The van der Waals surface area contributed by atoms with E-state index in [1.165, 1.54) is 20.8 Å². The molecule has 0 N–H and O–H groups in total. The topological polar surface area (TPSA) is 29.5 Å². The molecule has 2 aliphatic heterocycles. The number of nitrogens with zero attached hydrogens (tertiary/aromatic N) is 1. The average Bonchev–Trinajstić information content (AvgIpc) is 2.22. The first-order valence-electron chi connectivity index (χ1n) is 6.85. The van der Waals surface area contributed by atoms with Crippen LogP contribution in [-0.4, -0.2) is 42.8 Å². The molecule has 2 saturated heterocycles. The van der Waals surface area contributed by atoms with E-state index in [-0.39, 0.29) is 51.4 Å². The molecule has 1 amide bonds.